The van der Waals surface area contributed by atoms with Gasteiger partial charge in [0.05, 0.1) is 12.8 Å². The maximum Gasteiger partial charge on any atom is 0.336 e. The zero-order chi connectivity index (χ0) is 19.2. The molecule has 2 aromatic carbocycles. The maximum atomic E-state index is 12.9. The molecule has 0 bridgehead atoms. The number of benzene rings is 2. The number of rotatable bonds is 3. The topological polar surface area (TPSA) is 73.9 Å². The van der Waals surface area contributed by atoms with E-state index in [9.17, 15) is 14.0 Å². The number of urea groups is 1. The molecule has 2 aromatic rings. The second-order valence-corrected chi connectivity index (χ2v) is 6.04. The molecule has 0 saturated carbocycles. The van der Waals surface area contributed by atoms with Crippen LogP contribution in [0, 0.1) is 5.82 Å². The van der Waals surface area contributed by atoms with Gasteiger partial charge < -0.3 is 14.5 Å². The van der Waals surface area contributed by atoms with Crippen molar-refractivity contribution in [2.24, 2.45) is 0 Å². The number of piperazine rings is 1. The molecule has 1 saturated heterocycles. The molecule has 0 aromatic heterocycles. The summed E-state index contributed by atoms with van der Waals surface area (Å²) in [6.45, 7) is 2.33. The van der Waals surface area contributed by atoms with Crippen molar-refractivity contribution in [3.8, 4) is 5.75 Å². The molecule has 1 aliphatic heterocycles. The molecular weight excluding hydrogens is 351 g/mol. The Morgan fingerprint density at radius 1 is 0.963 bits per heavy atom. The highest BCUT2D eigenvalue weighted by Crippen LogP contribution is 2.28. The molecule has 0 spiro atoms. The van der Waals surface area contributed by atoms with Gasteiger partial charge in [0.1, 0.15) is 11.6 Å². The first kappa shape index (κ1) is 18.5. The summed E-state index contributed by atoms with van der Waals surface area (Å²) in [5.41, 5.74) is 5.99. The average molecular weight is 372 g/mol. The van der Waals surface area contributed by atoms with Crippen molar-refractivity contribution >= 4 is 17.6 Å². The van der Waals surface area contributed by atoms with Crippen LogP contribution < -0.4 is 20.5 Å². The number of carbonyl (C=O) groups is 2. The van der Waals surface area contributed by atoms with Gasteiger partial charge in [-0.2, -0.15) is 0 Å². The fraction of sp³-hybridized carbons (Fsp3) is 0.263. The van der Waals surface area contributed by atoms with Gasteiger partial charge in [0.25, 0.3) is 5.91 Å². The Bertz CT molecular complexity index is 805. The number of hydrogen-bond acceptors (Lipinski definition) is 4. The second-order valence-electron chi connectivity index (χ2n) is 6.04. The van der Waals surface area contributed by atoms with Gasteiger partial charge in [-0.15, -0.1) is 0 Å². The molecule has 0 unspecified atom stereocenters. The van der Waals surface area contributed by atoms with Crippen molar-refractivity contribution in [2.45, 2.75) is 0 Å². The lowest BCUT2D eigenvalue weighted by Gasteiger charge is -2.36. The molecule has 1 aliphatic rings. The first-order chi connectivity index (χ1) is 13.1. The number of nitrogens with one attached hydrogen (secondary N) is 2. The van der Waals surface area contributed by atoms with Crippen LogP contribution in [0.5, 0.6) is 5.75 Å². The quantitative estimate of drug-likeness (QED) is 0.809. The highest BCUT2D eigenvalue weighted by atomic mass is 19.1. The molecule has 1 heterocycles. The molecule has 3 rings (SSSR count). The summed E-state index contributed by atoms with van der Waals surface area (Å²) in [4.78, 5) is 28.0. The molecule has 0 aliphatic carbocycles. The highest BCUT2D eigenvalue weighted by Gasteiger charge is 2.23. The first-order valence-corrected chi connectivity index (χ1v) is 8.57. The van der Waals surface area contributed by atoms with Crippen LogP contribution in [0.3, 0.4) is 0 Å². The Labute approximate surface area is 156 Å². The van der Waals surface area contributed by atoms with E-state index in [2.05, 4.69) is 15.8 Å². The standard InChI is InChI=1S/C19H21FN4O3/c1-27-17-5-3-2-4-16(17)23-10-12-24(13-11-23)19(26)22-21-18(25)14-6-8-15(20)9-7-14/h2-9H,10-13H2,1H3,(H,21,25)(H,22,26). The maximum absolute atomic E-state index is 12.9. The van der Waals surface area contributed by atoms with Gasteiger partial charge in [0, 0.05) is 31.7 Å². The summed E-state index contributed by atoms with van der Waals surface area (Å²) in [6, 6.07) is 12.4. The van der Waals surface area contributed by atoms with Crippen LogP contribution in [0.2, 0.25) is 0 Å². The molecule has 7 nitrogen and oxygen atoms in total. The van der Waals surface area contributed by atoms with Gasteiger partial charge in [0.2, 0.25) is 0 Å². The van der Waals surface area contributed by atoms with Crippen molar-refractivity contribution in [3.63, 3.8) is 0 Å². The van der Waals surface area contributed by atoms with Crippen molar-refractivity contribution in [3.05, 3.63) is 59.9 Å². The Kier molecular flexibility index (Phi) is 5.75. The minimum absolute atomic E-state index is 0.262. The number of ether oxygens (including phenoxy) is 1. The van der Waals surface area contributed by atoms with Crippen LogP contribution in [-0.4, -0.2) is 50.1 Å². The Balaban J connectivity index is 1.50. The van der Waals surface area contributed by atoms with E-state index in [1.165, 1.54) is 24.3 Å². The highest BCUT2D eigenvalue weighted by molar-refractivity contribution is 5.95. The zero-order valence-electron chi connectivity index (χ0n) is 14.9. The lowest BCUT2D eigenvalue weighted by atomic mass is 10.2. The molecule has 3 amide bonds. The lowest BCUT2D eigenvalue weighted by molar-refractivity contribution is 0.0929. The van der Waals surface area contributed by atoms with E-state index in [0.29, 0.717) is 26.2 Å². The van der Waals surface area contributed by atoms with E-state index in [-0.39, 0.29) is 11.6 Å². The van der Waals surface area contributed by atoms with Gasteiger partial charge in [-0.25, -0.2) is 14.6 Å². The van der Waals surface area contributed by atoms with Gasteiger partial charge >= 0.3 is 6.03 Å². The van der Waals surface area contributed by atoms with Crippen LogP contribution >= 0.6 is 0 Å². The van der Waals surface area contributed by atoms with Crippen molar-refractivity contribution < 1.29 is 18.7 Å². The summed E-state index contributed by atoms with van der Waals surface area (Å²) in [7, 11) is 1.63. The van der Waals surface area contributed by atoms with Crippen molar-refractivity contribution in [1.82, 2.24) is 15.8 Å². The van der Waals surface area contributed by atoms with Crippen LogP contribution in [0.4, 0.5) is 14.9 Å². The molecule has 0 radical (unpaired) electrons. The van der Waals surface area contributed by atoms with Gasteiger partial charge in [-0.05, 0) is 36.4 Å². The molecule has 2 N–H and O–H groups in total. The molecule has 8 heteroatoms. The minimum Gasteiger partial charge on any atom is -0.495 e. The number of anilines is 1. The fourth-order valence-corrected chi connectivity index (χ4v) is 2.90. The summed E-state index contributed by atoms with van der Waals surface area (Å²) >= 11 is 0. The predicted molar refractivity (Wildman–Crippen MR) is 99.2 cm³/mol. The average Bonchev–Trinajstić information content (AvgIpc) is 2.72. The van der Waals surface area contributed by atoms with Crippen LogP contribution in [0.15, 0.2) is 48.5 Å². The Morgan fingerprint density at radius 2 is 1.63 bits per heavy atom. The summed E-state index contributed by atoms with van der Waals surface area (Å²) in [6.07, 6.45) is 0. The number of hydrogen-bond donors (Lipinski definition) is 2. The van der Waals surface area contributed by atoms with E-state index in [0.717, 1.165) is 11.4 Å². The number of methoxy groups -OCH3 is 1. The summed E-state index contributed by atoms with van der Waals surface area (Å²) in [5, 5.41) is 0. The second kappa shape index (κ2) is 8.39. The molecular formula is C19H21FN4O3. The first-order valence-electron chi connectivity index (χ1n) is 8.57. The van der Waals surface area contributed by atoms with Crippen LogP contribution in [0.25, 0.3) is 0 Å². The smallest absolute Gasteiger partial charge is 0.336 e. The number of nitrogens with zero attached hydrogens (tertiary/aromatic N) is 2. The number of hydrazine groups is 1. The molecule has 142 valence electrons. The van der Waals surface area contributed by atoms with Crippen molar-refractivity contribution in [1.29, 1.82) is 0 Å². The van der Waals surface area contributed by atoms with E-state index < -0.39 is 11.7 Å². The SMILES string of the molecule is COc1ccccc1N1CCN(C(=O)NNC(=O)c2ccc(F)cc2)CC1. The number of halogens is 1. The molecule has 27 heavy (non-hydrogen) atoms. The third-order valence-corrected chi connectivity index (χ3v) is 4.38. The van der Waals surface area contributed by atoms with Crippen LogP contribution in [-0.2, 0) is 0 Å². The summed E-state index contributed by atoms with van der Waals surface area (Å²) < 4.78 is 18.3. The lowest BCUT2D eigenvalue weighted by Crippen LogP contribution is -2.55. The zero-order valence-corrected chi connectivity index (χ0v) is 14.9. The number of carbonyl (C=O) groups excluding carboxylic acids is 2. The van der Waals surface area contributed by atoms with Gasteiger partial charge in [0.15, 0.2) is 0 Å². The fourth-order valence-electron chi connectivity index (χ4n) is 2.90. The predicted octanol–water partition coefficient (Wildman–Crippen LogP) is 2.01. The van der Waals surface area contributed by atoms with E-state index in [1.807, 2.05) is 24.3 Å². The van der Waals surface area contributed by atoms with Crippen LogP contribution in [0.1, 0.15) is 10.4 Å². The Hall–Kier alpha value is -3.29. The largest absolute Gasteiger partial charge is 0.495 e. The number of para-hydroxylation sites is 2. The third kappa shape index (κ3) is 4.46. The minimum atomic E-state index is -0.504. The van der Waals surface area contributed by atoms with Crippen molar-refractivity contribution in [2.75, 3.05) is 38.2 Å². The monoisotopic (exact) mass is 372 g/mol. The van der Waals surface area contributed by atoms with E-state index in [4.69, 9.17) is 4.74 Å². The number of amides is 3. The Morgan fingerprint density at radius 3 is 2.30 bits per heavy atom. The van der Waals surface area contributed by atoms with E-state index >= 15 is 0 Å². The summed E-state index contributed by atoms with van der Waals surface area (Å²) in [5.74, 6) is -0.138. The normalized spacial score (nSPS) is 13.9. The molecule has 1 fully saturated rings. The molecule has 0 atom stereocenters. The van der Waals surface area contributed by atoms with Gasteiger partial charge in [-0.1, -0.05) is 12.1 Å². The van der Waals surface area contributed by atoms with Gasteiger partial charge in [-0.3, -0.25) is 10.2 Å². The third-order valence-electron chi connectivity index (χ3n) is 4.38. The van der Waals surface area contributed by atoms with E-state index in [1.54, 1.807) is 12.0 Å².